The second-order valence-corrected chi connectivity index (χ2v) is 5.52. The fourth-order valence-electron chi connectivity index (χ4n) is 2.48. The van der Waals surface area contributed by atoms with Crippen molar-refractivity contribution in [2.24, 2.45) is 0 Å². The minimum Gasteiger partial charge on any atom is -0.478 e. The Labute approximate surface area is 144 Å². The van der Waals surface area contributed by atoms with E-state index >= 15 is 0 Å². The quantitative estimate of drug-likeness (QED) is 0.570. The molecule has 1 aromatic heterocycles. The standard InChI is InChI=1S/C20H16N2O3/c1-14-18(13-21-22(14)17-5-3-2-4-6-17)19(23)12-9-15-7-10-16(11-8-15)20(24)25/h2-13H,1H3,(H,24,25)/b12-9+. The van der Waals surface area contributed by atoms with Crippen LogP contribution in [0.2, 0.25) is 0 Å². The molecular formula is C20H16N2O3. The SMILES string of the molecule is Cc1c(C(=O)/C=C/c2ccc(C(=O)O)cc2)cnn1-c1ccccc1. The number of aromatic nitrogens is 2. The first-order valence-electron chi connectivity index (χ1n) is 7.72. The van der Waals surface area contributed by atoms with Crippen LogP contribution in [0.3, 0.4) is 0 Å². The number of carbonyl (C=O) groups excluding carboxylic acids is 1. The molecule has 1 heterocycles. The molecule has 0 bridgehead atoms. The van der Waals surface area contributed by atoms with Crippen molar-refractivity contribution in [3.63, 3.8) is 0 Å². The molecular weight excluding hydrogens is 316 g/mol. The van der Waals surface area contributed by atoms with Crippen molar-refractivity contribution in [1.29, 1.82) is 0 Å². The zero-order valence-corrected chi connectivity index (χ0v) is 13.6. The predicted octanol–water partition coefficient (Wildman–Crippen LogP) is 3.78. The highest BCUT2D eigenvalue weighted by Gasteiger charge is 2.12. The van der Waals surface area contributed by atoms with E-state index in [-0.39, 0.29) is 11.3 Å². The summed E-state index contributed by atoms with van der Waals surface area (Å²) in [7, 11) is 0. The lowest BCUT2D eigenvalue weighted by Gasteiger charge is -2.04. The summed E-state index contributed by atoms with van der Waals surface area (Å²) in [5.74, 6) is -1.13. The van der Waals surface area contributed by atoms with Crippen molar-refractivity contribution < 1.29 is 14.7 Å². The number of hydrogen-bond donors (Lipinski definition) is 1. The lowest BCUT2D eigenvalue weighted by Crippen LogP contribution is -2.01. The summed E-state index contributed by atoms with van der Waals surface area (Å²) in [5, 5.41) is 13.2. The third-order valence-electron chi connectivity index (χ3n) is 3.86. The van der Waals surface area contributed by atoms with Gasteiger partial charge in [-0.15, -0.1) is 0 Å². The zero-order valence-electron chi connectivity index (χ0n) is 13.6. The molecule has 0 atom stereocenters. The van der Waals surface area contributed by atoms with Gasteiger partial charge in [0.2, 0.25) is 0 Å². The van der Waals surface area contributed by atoms with Crippen molar-refractivity contribution in [2.45, 2.75) is 6.92 Å². The topological polar surface area (TPSA) is 72.2 Å². The van der Waals surface area contributed by atoms with Crippen LogP contribution >= 0.6 is 0 Å². The van der Waals surface area contributed by atoms with E-state index in [1.54, 1.807) is 29.1 Å². The number of nitrogens with zero attached hydrogens (tertiary/aromatic N) is 2. The Morgan fingerprint density at radius 1 is 1.04 bits per heavy atom. The minimum absolute atomic E-state index is 0.151. The molecule has 25 heavy (non-hydrogen) atoms. The first-order valence-corrected chi connectivity index (χ1v) is 7.72. The molecule has 124 valence electrons. The van der Waals surface area contributed by atoms with E-state index in [0.717, 1.165) is 16.9 Å². The molecule has 2 aromatic carbocycles. The van der Waals surface area contributed by atoms with Crippen LogP contribution in [-0.2, 0) is 0 Å². The van der Waals surface area contributed by atoms with Gasteiger partial charge in [0.05, 0.1) is 28.7 Å². The lowest BCUT2D eigenvalue weighted by molar-refractivity contribution is 0.0696. The van der Waals surface area contributed by atoms with Gasteiger partial charge in [-0.3, -0.25) is 4.79 Å². The van der Waals surface area contributed by atoms with E-state index in [9.17, 15) is 9.59 Å². The van der Waals surface area contributed by atoms with Crippen molar-refractivity contribution in [3.8, 4) is 5.69 Å². The molecule has 5 heteroatoms. The van der Waals surface area contributed by atoms with Crippen LogP contribution in [0.4, 0.5) is 0 Å². The largest absolute Gasteiger partial charge is 0.478 e. The molecule has 3 aromatic rings. The monoisotopic (exact) mass is 332 g/mol. The Bertz CT molecular complexity index is 939. The minimum atomic E-state index is -0.976. The van der Waals surface area contributed by atoms with Crippen molar-refractivity contribution >= 4 is 17.8 Å². The van der Waals surface area contributed by atoms with Crippen molar-refractivity contribution in [1.82, 2.24) is 9.78 Å². The molecule has 0 saturated carbocycles. The Hall–Kier alpha value is -3.47. The summed E-state index contributed by atoms with van der Waals surface area (Å²) in [6.45, 7) is 1.85. The van der Waals surface area contributed by atoms with Gasteiger partial charge in [-0.2, -0.15) is 5.10 Å². The van der Waals surface area contributed by atoms with E-state index in [4.69, 9.17) is 5.11 Å². The van der Waals surface area contributed by atoms with Crippen molar-refractivity contribution in [3.05, 3.63) is 89.3 Å². The predicted molar refractivity (Wildman–Crippen MR) is 95.1 cm³/mol. The van der Waals surface area contributed by atoms with Crippen LogP contribution in [0.15, 0.2) is 66.9 Å². The maximum Gasteiger partial charge on any atom is 0.335 e. The number of carbonyl (C=O) groups is 2. The lowest BCUT2D eigenvalue weighted by atomic mass is 10.1. The molecule has 0 radical (unpaired) electrons. The number of hydrogen-bond acceptors (Lipinski definition) is 3. The molecule has 3 rings (SSSR count). The average Bonchev–Trinajstić information content (AvgIpc) is 3.02. The van der Waals surface area contributed by atoms with Crippen molar-refractivity contribution in [2.75, 3.05) is 0 Å². The van der Waals surface area contributed by atoms with Gasteiger partial charge in [-0.25, -0.2) is 9.48 Å². The molecule has 0 aliphatic carbocycles. The van der Waals surface area contributed by atoms with Gasteiger partial charge in [0.1, 0.15) is 0 Å². The number of rotatable bonds is 5. The van der Waals surface area contributed by atoms with E-state index in [1.165, 1.54) is 18.2 Å². The highest BCUT2D eigenvalue weighted by molar-refractivity contribution is 6.07. The zero-order chi connectivity index (χ0) is 17.8. The number of carboxylic acid groups (broad SMARTS) is 1. The van der Waals surface area contributed by atoms with Crippen LogP contribution in [-0.4, -0.2) is 26.6 Å². The number of allylic oxidation sites excluding steroid dienone is 1. The smallest absolute Gasteiger partial charge is 0.335 e. The van der Waals surface area contributed by atoms with Gasteiger partial charge in [-0.1, -0.05) is 36.4 Å². The molecule has 0 amide bonds. The maximum absolute atomic E-state index is 12.4. The second-order valence-electron chi connectivity index (χ2n) is 5.52. The van der Waals surface area contributed by atoms with E-state index in [1.807, 2.05) is 37.3 Å². The molecule has 0 aliphatic rings. The maximum atomic E-state index is 12.4. The van der Waals surface area contributed by atoms with E-state index < -0.39 is 5.97 Å². The fraction of sp³-hybridized carbons (Fsp3) is 0.0500. The summed E-state index contributed by atoms with van der Waals surface area (Å²) < 4.78 is 1.72. The second kappa shape index (κ2) is 6.97. The van der Waals surface area contributed by atoms with Gasteiger partial charge in [0.15, 0.2) is 5.78 Å². The number of carboxylic acids is 1. The summed E-state index contributed by atoms with van der Waals surface area (Å²) in [6.07, 6.45) is 4.69. The highest BCUT2D eigenvalue weighted by atomic mass is 16.4. The number of benzene rings is 2. The summed E-state index contributed by atoms with van der Waals surface area (Å²) in [6, 6.07) is 15.9. The molecule has 0 spiro atoms. The Kier molecular flexibility index (Phi) is 4.57. The van der Waals surface area contributed by atoms with E-state index in [2.05, 4.69) is 5.10 Å². The van der Waals surface area contributed by atoms with Crippen LogP contribution in [0, 0.1) is 6.92 Å². The van der Waals surface area contributed by atoms with Crippen LogP contribution < -0.4 is 0 Å². The van der Waals surface area contributed by atoms with Gasteiger partial charge < -0.3 is 5.11 Å². The molecule has 0 saturated heterocycles. The van der Waals surface area contributed by atoms with Crippen LogP contribution in [0.5, 0.6) is 0 Å². The third kappa shape index (κ3) is 3.55. The van der Waals surface area contributed by atoms with Gasteiger partial charge in [0.25, 0.3) is 0 Å². The van der Waals surface area contributed by atoms with Gasteiger partial charge >= 0.3 is 5.97 Å². The van der Waals surface area contributed by atoms with Gasteiger partial charge in [0, 0.05) is 0 Å². The first-order chi connectivity index (χ1) is 12.1. The summed E-state index contributed by atoms with van der Waals surface area (Å²) >= 11 is 0. The number of para-hydroxylation sites is 1. The molecule has 1 N–H and O–H groups in total. The fourth-order valence-corrected chi connectivity index (χ4v) is 2.48. The first kappa shape index (κ1) is 16.4. The molecule has 0 aliphatic heterocycles. The van der Waals surface area contributed by atoms with Crippen LogP contribution in [0.1, 0.15) is 32.0 Å². The molecule has 5 nitrogen and oxygen atoms in total. The Morgan fingerprint density at radius 3 is 2.36 bits per heavy atom. The van der Waals surface area contributed by atoms with Gasteiger partial charge in [-0.05, 0) is 42.8 Å². The molecule has 0 fully saturated rings. The number of aromatic carboxylic acids is 1. The average molecular weight is 332 g/mol. The summed E-state index contributed by atoms with van der Waals surface area (Å²) in [5.41, 5.74) is 3.16. The molecule has 0 unspecified atom stereocenters. The van der Waals surface area contributed by atoms with E-state index in [0.29, 0.717) is 5.56 Å². The third-order valence-corrected chi connectivity index (χ3v) is 3.86. The summed E-state index contributed by atoms with van der Waals surface area (Å²) in [4.78, 5) is 23.3. The number of ketones is 1. The Morgan fingerprint density at radius 2 is 1.72 bits per heavy atom. The normalized spacial score (nSPS) is 10.9. The highest BCUT2D eigenvalue weighted by Crippen LogP contribution is 2.15. The Balaban J connectivity index is 1.80. The van der Waals surface area contributed by atoms with Crippen LogP contribution in [0.25, 0.3) is 11.8 Å².